The molecule has 0 atom stereocenters. The van der Waals surface area contributed by atoms with Gasteiger partial charge in [-0.2, -0.15) is 0 Å². The molecule has 2 aromatic rings. The number of anilines is 2. The van der Waals surface area contributed by atoms with Gasteiger partial charge in [-0.15, -0.1) is 0 Å². The molecule has 0 aliphatic rings. The minimum absolute atomic E-state index is 0.211. The molecule has 2 heterocycles. The largest absolute Gasteiger partial charge is 0.370 e. The number of nitrogens with zero attached hydrogens (tertiary/aromatic N) is 3. The van der Waals surface area contributed by atoms with Crippen molar-refractivity contribution in [2.75, 3.05) is 17.2 Å². The Morgan fingerprint density at radius 2 is 2.11 bits per heavy atom. The van der Waals surface area contributed by atoms with Gasteiger partial charge in [-0.3, -0.25) is 4.79 Å². The lowest BCUT2D eigenvalue weighted by Gasteiger charge is -2.07. The highest BCUT2D eigenvalue weighted by molar-refractivity contribution is 6.04. The Balaban J connectivity index is 2.06. The van der Waals surface area contributed by atoms with Crippen LogP contribution in [0.1, 0.15) is 23.7 Å². The van der Waals surface area contributed by atoms with Crippen LogP contribution < -0.4 is 10.6 Å². The average Bonchev–Trinajstić information content (AvgIpc) is 2.46. The molecule has 0 radical (unpaired) electrons. The van der Waals surface area contributed by atoms with Gasteiger partial charge in [0.25, 0.3) is 5.91 Å². The van der Waals surface area contributed by atoms with Gasteiger partial charge >= 0.3 is 0 Å². The molecule has 0 fully saturated rings. The number of nitrogens with one attached hydrogen (secondary N) is 2. The van der Waals surface area contributed by atoms with Crippen LogP contribution in [0, 0.1) is 0 Å². The first-order chi connectivity index (χ1) is 9.29. The topological polar surface area (TPSA) is 79.8 Å². The Kier molecular flexibility index (Phi) is 4.39. The van der Waals surface area contributed by atoms with Crippen molar-refractivity contribution < 1.29 is 4.79 Å². The fraction of sp³-hybridized carbons (Fsp3) is 0.231. The minimum atomic E-state index is -0.211. The molecule has 19 heavy (non-hydrogen) atoms. The fourth-order valence-electron chi connectivity index (χ4n) is 1.49. The second kappa shape index (κ2) is 6.44. The van der Waals surface area contributed by atoms with Crippen LogP contribution in [0.2, 0.25) is 0 Å². The van der Waals surface area contributed by atoms with E-state index >= 15 is 0 Å². The lowest BCUT2D eigenvalue weighted by atomic mass is 10.2. The number of amides is 1. The second-order valence-electron chi connectivity index (χ2n) is 3.94. The summed E-state index contributed by atoms with van der Waals surface area (Å²) < 4.78 is 0. The second-order valence-corrected chi connectivity index (χ2v) is 3.94. The zero-order valence-electron chi connectivity index (χ0n) is 10.6. The number of aromatic nitrogens is 3. The third-order valence-corrected chi connectivity index (χ3v) is 2.40. The number of hydrogen-bond acceptors (Lipinski definition) is 5. The van der Waals surface area contributed by atoms with Crippen LogP contribution >= 0.6 is 0 Å². The van der Waals surface area contributed by atoms with Crippen molar-refractivity contribution in [2.24, 2.45) is 0 Å². The smallest absolute Gasteiger partial charge is 0.255 e. The van der Waals surface area contributed by atoms with Crippen LogP contribution in [0.3, 0.4) is 0 Å². The average molecular weight is 257 g/mol. The molecule has 6 heteroatoms. The van der Waals surface area contributed by atoms with E-state index in [1.165, 1.54) is 6.33 Å². The third kappa shape index (κ3) is 3.74. The summed E-state index contributed by atoms with van der Waals surface area (Å²) in [5.41, 5.74) is 1.10. The van der Waals surface area contributed by atoms with Crippen molar-refractivity contribution in [3.63, 3.8) is 0 Å². The van der Waals surface area contributed by atoms with Crippen LogP contribution in [-0.2, 0) is 0 Å². The maximum atomic E-state index is 12.0. The van der Waals surface area contributed by atoms with E-state index in [4.69, 9.17) is 0 Å². The molecule has 0 saturated carbocycles. The quantitative estimate of drug-likeness (QED) is 0.855. The highest BCUT2D eigenvalue weighted by atomic mass is 16.1. The van der Waals surface area contributed by atoms with Crippen molar-refractivity contribution >= 4 is 17.4 Å². The Morgan fingerprint density at radius 3 is 2.84 bits per heavy atom. The van der Waals surface area contributed by atoms with E-state index in [1.807, 2.05) is 0 Å². The van der Waals surface area contributed by atoms with Gasteiger partial charge in [-0.25, -0.2) is 15.0 Å². The maximum absolute atomic E-state index is 12.0. The molecule has 0 aliphatic heterocycles. The number of rotatable bonds is 5. The molecule has 0 unspecified atom stereocenters. The normalized spacial score (nSPS) is 9.95. The number of pyridine rings is 1. The predicted molar refractivity (Wildman–Crippen MR) is 73.0 cm³/mol. The summed E-state index contributed by atoms with van der Waals surface area (Å²) in [5.74, 6) is 0.482. The van der Waals surface area contributed by atoms with E-state index in [1.54, 1.807) is 30.7 Å². The molecule has 2 rings (SSSR count). The highest BCUT2D eigenvalue weighted by Crippen LogP contribution is 2.09. The minimum Gasteiger partial charge on any atom is -0.370 e. The number of hydrogen-bond donors (Lipinski definition) is 2. The molecular formula is C13H15N5O. The molecule has 0 spiro atoms. The lowest BCUT2D eigenvalue weighted by molar-refractivity contribution is 0.102. The van der Waals surface area contributed by atoms with Gasteiger partial charge in [-0.05, 0) is 18.6 Å². The molecule has 2 N–H and O–H groups in total. The Hall–Kier alpha value is -2.50. The van der Waals surface area contributed by atoms with Crippen LogP contribution in [0.15, 0.2) is 37.1 Å². The maximum Gasteiger partial charge on any atom is 0.255 e. The van der Waals surface area contributed by atoms with Crippen LogP contribution in [0.4, 0.5) is 11.5 Å². The molecule has 1 amide bonds. The molecule has 0 aliphatic carbocycles. The molecule has 0 aromatic carbocycles. The first kappa shape index (κ1) is 12.9. The Labute approximate surface area is 111 Å². The van der Waals surface area contributed by atoms with Crippen molar-refractivity contribution in [2.45, 2.75) is 13.3 Å². The third-order valence-electron chi connectivity index (χ3n) is 2.40. The molecule has 98 valence electrons. The summed E-state index contributed by atoms with van der Waals surface area (Å²) in [4.78, 5) is 23.8. The SMILES string of the molecule is CCCNc1cc(C(=O)Nc2cncnc2)ccn1. The lowest BCUT2D eigenvalue weighted by Crippen LogP contribution is -2.13. The first-order valence-electron chi connectivity index (χ1n) is 6.06. The number of carbonyl (C=O) groups excluding carboxylic acids is 1. The van der Waals surface area contributed by atoms with Gasteiger partial charge in [0.1, 0.15) is 12.1 Å². The zero-order valence-corrected chi connectivity index (χ0v) is 10.6. The van der Waals surface area contributed by atoms with Crippen molar-refractivity contribution in [3.8, 4) is 0 Å². The molecule has 2 aromatic heterocycles. The fourth-order valence-corrected chi connectivity index (χ4v) is 1.49. The Bertz CT molecular complexity index is 544. The van der Waals surface area contributed by atoms with Gasteiger partial charge in [0.15, 0.2) is 0 Å². The Morgan fingerprint density at radius 1 is 1.32 bits per heavy atom. The summed E-state index contributed by atoms with van der Waals surface area (Å²) in [6, 6.07) is 3.38. The van der Waals surface area contributed by atoms with Gasteiger partial charge in [0.05, 0.1) is 18.1 Å². The van der Waals surface area contributed by atoms with Crippen molar-refractivity contribution in [3.05, 3.63) is 42.6 Å². The van der Waals surface area contributed by atoms with E-state index in [0.29, 0.717) is 17.1 Å². The van der Waals surface area contributed by atoms with Crippen LogP contribution in [0.5, 0.6) is 0 Å². The first-order valence-corrected chi connectivity index (χ1v) is 6.06. The number of carbonyl (C=O) groups is 1. The summed E-state index contributed by atoms with van der Waals surface area (Å²) in [7, 11) is 0. The molecule has 0 bridgehead atoms. The highest BCUT2D eigenvalue weighted by Gasteiger charge is 2.07. The summed E-state index contributed by atoms with van der Waals surface area (Å²) in [5, 5.41) is 5.86. The summed E-state index contributed by atoms with van der Waals surface area (Å²) >= 11 is 0. The van der Waals surface area contributed by atoms with Gasteiger partial charge in [0, 0.05) is 18.3 Å². The van der Waals surface area contributed by atoms with E-state index < -0.39 is 0 Å². The van der Waals surface area contributed by atoms with Gasteiger partial charge < -0.3 is 10.6 Å². The molecule has 6 nitrogen and oxygen atoms in total. The monoisotopic (exact) mass is 257 g/mol. The van der Waals surface area contributed by atoms with E-state index in [2.05, 4.69) is 32.5 Å². The van der Waals surface area contributed by atoms with Crippen LogP contribution in [-0.4, -0.2) is 27.4 Å². The van der Waals surface area contributed by atoms with Crippen molar-refractivity contribution in [1.82, 2.24) is 15.0 Å². The van der Waals surface area contributed by atoms with Gasteiger partial charge in [0.2, 0.25) is 0 Å². The standard InChI is InChI=1S/C13H15N5O/c1-2-4-16-12-6-10(3-5-17-12)13(19)18-11-7-14-9-15-8-11/h3,5-9H,2,4H2,1H3,(H,16,17)(H,18,19). The molecule has 0 saturated heterocycles. The van der Waals surface area contributed by atoms with E-state index in [-0.39, 0.29) is 5.91 Å². The van der Waals surface area contributed by atoms with E-state index in [9.17, 15) is 4.79 Å². The van der Waals surface area contributed by atoms with Crippen molar-refractivity contribution in [1.29, 1.82) is 0 Å². The summed E-state index contributed by atoms with van der Waals surface area (Å²) in [6.07, 6.45) is 7.10. The van der Waals surface area contributed by atoms with E-state index in [0.717, 1.165) is 13.0 Å². The predicted octanol–water partition coefficient (Wildman–Crippen LogP) is 1.95. The molecular weight excluding hydrogens is 242 g/mol. The summed E-state index contributed by atoms with van der Waals surface area (Å²) in [6.45, 7) is 2.89. The zero-order chi connectivity index (χ0) is 13.5. The van der Waals surface area contributed by atoms with Gasteiger partial charge in [-0.1, -0.05) is 6.92 Å². The van der Waals surface area contributed by atoms with Crippen LogP contribution in [0.25, 0.3) is 0 Å².